The number of nitro groups is 1. The Labute approximate surface area is 194 Å². The van der Waals surface area contributed by atoms with Gasteiger partial charge in [-0.05, 0) is 66.6 Å². The first kappa shape index (κ1) is 22.0. The number of methoxy groups -OCH3 is 1. The van der Waals surface area contributed by atoms with Crippen LogP contribution in [0.25, 0.3) is 5.57 Å². The SMILES string of the molecule is COc1ccc(N2C(=O)C(Nc3cccc(Cl)c3C)=C(c3ccc([N+](=O)[O-])cc3)C2=O)cc1. The smallest absolute Gasteiger partial charge is 0.282 e. The summed E-state index contributed by atoms with van der Waals surface area (Å²) in [6, 6.07) is 17.2. The summed E-state index contributed by atoms with van der Waals surface area (Å²) in [4.78, 5) is 38.5. The van der Waals surface area contributed by atoms with Gasteiger partial charge < -0.3 is 10.1 Å². The number of anilines is 2. The Balaban J connectivity index is 1.82. The third-order valence-corrected chi connectivity index (χ3v) is 5.72. The molecule has 0 bridgehead atoms. The number of hydrogen-bond acceptors (Lipinski definition) is 6. The number of amides is 2. The molecule has 1 heterocycles. The third-order valence-electron chi connectivity index (χ3n) is 5.31. The molecule has 1 aliphatic rings. The molecule has 1 N–H and O–H groups in total. The van der Waals surface area contributed by atoms with Crippen LogP contribution in [0.3, 0.4) is 0 Å². The van der Waals surface area contributed by atoms with Crippen molar-refractivity contribution in [3.63, 3.8) is 0 Å². The van der Waals surface area contributed by atoms with E-state index in [1.54, 1.807) is 49.4 Å². The van der Waals surface area contributed by atoms with Gasteiger partial charge in [0.2, 0.25) is 0 Å². The molecule has 9 heteroatoms. The first-order valence-corrected chi connectivity index (χ1v) is 10.2. The molecule has 0 spiro atoms. The molecule has 1 aliphatic heterocycles. The van der Waals surface area contributed by atoms with Gasteiger partial charge in [-0.15, -0.1) is 0 Å². The van der Waals surface area contributed by atoms with Crippen LogP contribution in [-0.2, 0) is 9.59 Å². The Morgan fingerprint density at radius 1 is 0.970 bits per heavy atom. The summed E-state index contributed by atoms with van der Waals surface area (Å²) in [5.41, 5.74) is 2.04. The quantitative estimate of drug-likeness (QED) is 0.315. The molecule has 0 saturated carbocycles. The highest BCUT2D eigenvalue weighted by atomic mass is 35.5. The number of carbonyl (C=O) groups excluding carboxylic acids is 2. The molecule has 4 rings (SSSR count). The van der Waals surface area contributed by atoms with Crippen molar-refractivity contribution in [1.82, 2.24) is 0 Å². The summed E-state index contributed by atoms with van der Waals surface area (Å²) in [7, 11) is 1.52. The van der Waals surface area contributed by atoms with Gasteiger partial charge in [-0.25, -0.2) is 4.90 Å². The van der Waals surface area contributed by atoms with E-state index >= 15 is 0 Å². The van der Waals surface area contributed by atoms with Crippen LogP contribution in [0.1, 0.15) is 11.1 Å². The Morgan fingerprint density at radius 3 is 2.24 bits per heavy atom. The molecule has 0 radical (unpaired) electrons. The van der Waals surface area contributed by atoms with Crippen LogP contribution in [-0.4, -0.2) is 23.8 Å². The molecule has 0 fully saturated rings. The minimum atomic E-state index is -0.558. The second kappa shape index (κ2) is 8.76. The van der Waals surface area contributed by atoms with Gasteiger partial charge in [0.25, 0.3) is 17.5 Å². The lowest BCUT2D eigenvalue weighted by Gasteiger charge is -2.16. The molecular weight excluding hydrogens is 446 g/mol. The molecule has 0 saturated heterocycles. The fourth-order valence-corrected chi connectivity index (χ4v) is 3.68. The molecule has 2 amide bonds. The van der Waals surface area contributed by atoms with Crippen molar-refractivity contribution in [2.45, 2.75) is 6.92 Å². The van der Waals surface area contributed by atoms with E-state index in [9.17, 15) is 19.7 Å². The zero-order chi connectivity index (χ0) is 23.7. The lowest BCUT2D eigenvalue weighted by Crippen LogP contribution is -2.32. The number of carbonyl (C=O) groups is 2. The number of nitrogens with one attached hydrogen (secondary N) is 1. The molecule has 166 valence electrons. The van der Waals surface area contributed by atoms with Gasteiger partial charge in [0, 0.05) is 22.8 Å². The van der Waals surface area contributed by atoms with Crippen LogP contribution < -0.4 is 15.0 Å². The summed E-state index contributed by atoms with van der Waals surface area (Å²) < 4.78 is 5.15. The van der Waals surface area contributed by atoms with E-state index in [-0.39, 0.29) is 17.0 Å². The average Bonchev–Trinajstić information content (AvgIpc) is 3.06. The number of ether oxygens (including phenoxy) is 1. The van der Waals surface area contributed by atoms with E-state index in [0.717, 1.165) is 4.90 Å². The van der Waals surface area contributed by atoms with Crippen molar-refractivity contribution < 1.29 is 19.2 Å². The summed E-state index contributed by atoms with van der Waals surface area (Å²) in [5, 5.41) is 14.6. The minimum absolute atomic E-state index is 0.0510. The van der Waals surface area contributed by atoms with Crippen molar-refractivity contribution in [2.24, 2.45) is 0 Å². The number of nitrogens with zero attached hydrogens (tertiary/aromatic N) is 2. The summed E-state index contributed by atoms with van der Waals surface area (Å²) in [6.45, 7) is 1.79. The van der Waals surface area contributed by atoms with Crippen LogP contribution >= 0.6 is 11.6 Å². The number of nitro benzene ring substituents is 1. The second-order valence-corrected chi connectivity index (χ2v) is 7.64. The monoisotopic (exact) mass is 463 g/mol. The molecule has 3 aromatic rings. The van der Waals surface area contributed by atoms with E-state index in [4.69, 9.17) is 16.3 Å². The maximum absolute atomic E-state index is 13.5. The largest absolute Gasteiger partial charge is 0.497 e. The minimum Gasteiger partial charge on any atom is -0.497 e. The predicted molar refractivity (Wildman–Crippen MR) is 125 cm³/mol. The molecule has 3 aromatic carbocycles. The first-order chi connectivity index (χ1) is 15.8. The number of rotatable bonds is 6. The molecule has 0 aliphatic carbocycles. The highest BCUT2D eigenvalue weighted by Crippen LogP contribution is 2.36. The highest BCUT2D eigenvalue weighted by Gasteiger charge is 2.40. The Kier molecular flexibility index (Phi) is 5.85. The van der Waals surface area contributed by atoms with Crippen LogP contribution in [0, 0.1) is 17.0 Å². The molecule has 0 unspecified atom stereocenters. The first-order valence-electron chi connectivity index (χ1n) is 9.86. The molecular formula is C24H18ClN3O5. The van der Waals surface area contributed by atoms with Crippen LogP contribution in [0.4, 0.5) is 17.1 Å². The summed E-state index contributed by atoms with van der Waals surface area (Å²) in [5.74, 6) is -0.534. The molecule has 0 aromatic heterocycles. The van der Waals surface area contributed by atoms with E-state index in [0.29, 0.717) is 33.3 Å². The third kappa shape index (κ3) is 4.04. The van der Waals surface area contributed by atoms with Gasteiger partial charge in [-0.2, -0.15) is 0 Å². The fraction of sp³-hybridized carbons (Fsp3) is 0.0833. The molecule has 33 heavy (non-hydrogen) atoms. The lowest BCUT2D eigenvalue weighted by atomic mass is 10.0. The number of halogens is 1. The van der Waals surface area contributed by atoms with E-state index in [1.165, 1.54) is 31.4 Å². The number of non-ortho nitro benzene ring substituents is 1. The molecule has 0 atom stereocenters. The summed E-state index contributed by atoms with van der Waals surface area (Å²) in [6.07, 6.45) is 0. The average molecular weight is 464 g/mol. The maximum atomic E-state index is 13.5. The second-order valence-electron chi connectivity index (χ2n) is 7.24. The summed E-state index contributed by atoms with van der Waals surface area (Å²) >= 11 is 6.22. The normalized spacial score (nSPS) is 13.5. The van der Waals surface area contributed by atoms with Crippen molar-refractivity contribution >= 4 is 46.1 Å². The van der Waals surface area contributed by atoms with Gasteiger partial charge >= 0.3 is 0 Å². The van der Waals surface area contributed by atoms with Crippen molar-refractivity contribution in [3.8, 4) is 5.75 Å². The van der Waals surface area contributed by atoms with Crippen molar-refractivity contribution in [2.75, 3.05) is 17.3 Å². The Hall–Kier alpha value is -4.17. The number of imide groups is 1. The van der Waals surface area contributed by atoms with E-state index < -0.39 is 16.7 Å². The van der Waals surface area contributed by atoms with Crippen LogP contribution in [0.2, 0.25) is 5.02 Å². The zero-order valence-electron chi connectivity index (χ0n) is 17.7. The van der Waals surface area contributed by atoms with Crippen LogP contribution in [0.5, 0.6) is 5.75 Å². The highest BCUT2D eigenvalue weighted by molar-refractivity contribution is 6.46. The lowest BCUT2D eigenvalue weighted by molar-refractivity contribution is -0.384. The van der Waals surface area contributed by atoms with Crippen molar-refractivity contribution in [1.29, 1.82) is 0 Å². The van der Waals surface area contributed by atoms with Crippen molar-refractivity contribution in [3.05, 3.63) is 98.7 Å². The van der Waals surface area contributed by atoms with Gasteiger partial charge in [-0.1, -0.05) is 17.7 Å². The van der Waals surface area contributed by atoms with Gasteiger partial charge in [0.05, 0.1) is 23.3 Å². The Morgan fingerprint density at radius 2 is 1.64 bits per heavy atom. The number of hydrogen-bond donors (Lipinski definition) is 1. The Bertz CT molecular complexity index is 1300. The van der Waals surface area contributed by atoms with Gasteiger partial charge in [0.15, 0.2) is 0 Å². The standard InChI is InChI=1S/C24H18ClN3O5/c1-14-19(25)4-3-5-20(14)26-22-21(15-6-8-17(9-7-15)28(31)32)23(29)27(24(22)30)16-10-12-18(33-2)13-11-16/h3-13,26H,1-2H3. The zero-order valence-corrected chi connectivity index (χ0v) is 18.4. The van der Waals surface area contributed by atoms with E-state index in [2.05, 4.69) is 5.32 Å². The van der Waals surface area contributed by atoms with E-state index in [1.807, 2.05) is 0 Å². The predicted octanol–water partition coefficient (Wildman–Crippen LogP) is 4.96. The molecule has 8 nitrogen and oxygen atoms in total. The van der Waals surface area contributed by atoms with Gasteiger partial charge in [-0.3, -0.25) is 19.7 Å². The topological polar surface area (TPSA) is 102 Å². The van der Waals surface area contributed by atoms with Gasteiger partial charge in [0.1, 0.15) is 11.4 Å². The van der Waals surface area contributed by atoms with Crippen LogP contribution in [0.15, 0.2) is 72.4 Å². The fourth-order valence-electron chi connectivity index (χ4n) is 3.51. The number of benzene rings is 3. The maximum Gasteiger partial charge on any atom is 0.282 e.